The highest BCUT2D eigenvalue weighted by Crippen LogP contribution is 2.37. The molecule has 0 unspecified atom stereocenters. The number of nitrogens with zero attached hydrogens (tertiary/aromatic N) is 3. The number of aromatic nitrogens is 2. The molecule has 0 N–H and O–H groups in total. The van der Waals surface area contributed by atoms with Crippen LogP contribution in [0.1, 0.15) is 33.4 Å². The molecule has 53 heavy (non-hydrogen) atoms. The molecule has 7 aromatic carbocycles. The Hall–Kier alpha value is -5.75. The number of thioether (sulfide) groups is 1. The maximum atomic E-state index is 6.46. The van der Waals surface area contributed by atoms with Gasteiger partial charge in [-0.1, -0.05) is 66.7 Å². The highest BCUT2D eigenvalue weighted by atomic mass is 32.2. The summed E-state index contributed by atoms with van der Waals surface area (Å²) in [5.41, 5.74) is 16.1. The fourth-order valence-electron chi connectivity index (χ4n) is 8.54. The van der Waals surface area contributed by atoms with Gasteiger partial charge in [0.1, 0.15) is 0 Å². The van der Waals surface area contributed by atoms with Crippen LogP contribution in [0.2, 0.25) is 0 Å². The summed E-state index contributed by atoms with van der Waals surface area (Å²) in [6, 6.07) is 57.0. The molecule has 256 valence electrons. The molecule has 2 aromatic heterocycles. The summed E-state index contributed by atoms with van der Waals surface area (Å²) in [6.07, 6.45) is 0. The smallest absolute Gasteiger partial charge is 0.0721 e. The summed E-state index contributed by atoms with van der Waals surface area (Å²) >= 11 is 1.99. The Morgan fingerprint density at radius 3 is 1.23 bits per heavy atom. The first-order valence-electron chi connectivity index (χ1n) is 18.5. The number of benzene rings is 7. The molecule has 18 bridgehead atoms. The zero-order valence-corrected chi connectivity index (χ0v) is 30.2. The van der Waals surface area contributed by atoms with E-state index in [1.165, 1.54) is 94.1 Å². The predicted octanol–water partition coefficient (Wildman–Crippen LogP) is 11.9. The molecule has 5 heteroatoms. The Bertz CT molecular complexity index is 2530. The maximum absolute atomic E-state index is 6.46. The topological polar surface area (TPSA) is 22.3 Å². The largest absolute Gasteiger partial charge is 0.372 e. The first-order valence-corrected chi connectivity index (χ1v) is 19.6. The second-order valence-electron chi connectivity index (χ2n) is 14.6. The first-order chi connectivity index (χ1) is 26.2. The Kier molecular flexibility index (Phi) is 7.24. The normalized spacial score (nSPS) is 14.5. The Morgan fingerprint density at radius 2 is 0.774 bits per heavy atom. The maximum Gasteiger partial charge on any atom is 0.0721 e. The Labute approximate surface area is 312 Å². The fraction of sp³-hybridized carbons (Fsp3) is 0.125. The lowest BCUT2D eigenvalue weighted by Crippen LogP contribution is -2.22. The minimum absolute atomic E-state index is 0.557. The molecule has 15 aliphatic heterocycles. The third kappa shape index (κ3) is 5.34. The molecule has 0 saturated carbocycles. The molecule has 9 aromatic rings. The van der Waals surface area contributed by atoms with Gasteiger partial charge in [0.25, 0.3) is 0 Å². The van der Waals surface area contributed by atoms with Crippen molar-refractivity contribution in [3.05, 3.63) is 185 Å². The van der Waals surface area contributed by atoms with Crippen molar-refractivity contribution in [2.75, 3.05) is 4.90 Å². The lowest BCUT2D eigenvalue weighted by Gasteiger charge is -2.25. The summed E-state index contributed by atoms with van der Waals surface area (Å²) in [5.74, 6) is 1.91. The van der Waals surface area contributed by atoms with Gasteiger partial charge in [0.2, 0.25) is 0 Å². The van der Waals surface area contributed by atoms with E-state index >= 15 is 0 Å². The molecule has 0 aliphatic carbocycles. The van der Waals surface area contributed by atoms with Crippen LogP contribution in [-0.2, 0) is 42.5 Å². The number of hydrogen-bond acceptors (Lipinski definition) is 3. The van der Waals surface area contributed by atoms with Crippen molar-refractivity contribution in [2.24, 2.45) is 0 Å². The first kappa shape index (κ1) is 30.8. The van der Waals surface area contributed by atoms with Crippen LogP contribution >= 0.6 is 11.8 Å². The number of hydrogen-bond donors (Lipinski definition) is 0. The molecule has 15 aliphatic rings. The average Bonchev–Trinajstić information content (AvgIpc) is 3.69. The molecule has 0 saturated heterocycles. The number of ether oxygens (including phenoxy) is 1. The van der Waals surface area contributed by atoms with Crippen LogP contribution in [0.5, 0.6) is 0 Å². The van der Waals surface area contributed by atoms with Crippen molar-refractivity contribution in [1.29, 1.82) is 0 Å². The molecule has 0 radical (unpaired) electrons. The summed E-state index contributed by atoms with van der Waals surface area (Å²) in [4.78, 5) is 2.48. The Morgan fingerprint density at radius 1 is 0.377 bits per heavy atom. The SMILES string of the molecule is c1ccc(N2Cc3ccc(cc3)-n3c4ccc5cc4c4cc(ccc43)CSCc3ccc4c(c3)c3cc(ccc3n4-c3ccc(cc3)C2)COC5)cc1. The third-order valence-electron chi connectivity index (χ3n) is 11.1. The van der Waals surface area contributed by atoms with Gasteiger partial charge >= 0.3 is 0 Å². The van der Waals surface area contributed by atoms with Crippen molar-refractivity contribution in [3.63, 3.8) is 0 Å². The Balaban J connectivity index is 1.15. The van der Waals surface area contributed by atoms with Crippen LogP contribution in [0.15, 0.2) is 152 Å². The highest BCUT2D eigenvalue weighted by molar-refractivity contribution is 7.97. The van der Waals surface area contributed by atoms with Gasteiger partial charge in [0.15, 0.2) is 0 Å². The summed E-state index contributed by atoms with van der Waals surface area (Å²) < 4.78 is 11.3. The predicted molar refractivity (Wildman–Crippen MR) is 221 cm³/mol. The average molecular weight is 704 g/mol. The van der Waals surface area contributed by atoms with E-state index in [1.807, 2.05) is 11.8 Å². The molecule has 0 fully saturated rings. The molecule has 4 nitrogen and oxygen atoms in total. The van der Waals surface area contributed by atoms with E-state index < -0.39 is 0 Å². The molecular formula is C48H37N3OS. The number of para-hydroxylation sites is 1. The summed E-state index contributed by atoms with van der Waals surface area (Å²) in [5, 5.41) is 5.12. The molecular weight excluding hydrogens is 667 g/mol. The van der Waals surface area contributed by atoms with E-state index in [4.69, 9.17) is 4.74 Å². The number of rotatable bonds is 1. The van der Waals surface area contributed by atoms with Gasteiger partial charge in [0.05, 0.1) is 35.3 Å². The van der Waals surface area contributed by atoms with E-state index in [0.717, 1.165) is 24.6 Å². The minimum atomic E-state index is 0.557. The van der Waals surface area contributed by atoms with Gasteiger partial charge in [-0.15, -0.1) is 0 Å². The van der Waals surface area contributed by atoms with E-state index in [9.17, 15) is 0 Å². The lowest BCUT2D eigenvalue weighted by atomic mass is 10.1. The van der Waals surface area contributed by atoms with Gasteiger partial charge in [-0.05, 0) is 118 Å². The molecule has 0 spiro atoms. The van der Waals surface area contributed by atoms with Crippen molar-refractivity contribution in [1.82, 2.24) is 9.13 Å². The van der Waals surface area contributed by atoms with E-state index in [2.05, 4.69) is 166 Å². The van der Waals surface area contributed by atoms with Crippen molar-refractivity contribution in [3.8, 4) is 11.4 Å². The quantitative estimate of drug-likeness (QED) is 0.170. The van der Waals surface area contributed by atoms with Crippen LogP contribution in [0.25, 0.3) is 55.0 Å². The monoisotopic (exact) mass is 703 g/mol. The van der Waals surface area contributed by atoms with Gasteiger partial charge in [0, 0.05) is 63.2 Å². The van der Waals surface area contributed by atoms with E-state index in [1.54, 1.807) is 0 Å². The molecule has 0 atom stereocenters. The van der Waals surface area contributed by atoms with Crippen LogP contribution in [0, 0.1) is 0 Å². The zero-order chi connectivity index (χ0) is 34.9. The molecule has 0 amide bonds. The van der Waals surface area contributed by atoms with Crippen molar-refractivity contribution < 1.29 is 4.74 Å². The van der Waals surface area contributed by atoms with Gasteiger partial charge in [-0.25, -0.2) is 0 Å². The van der Waals surface area contributed by atoms with Gasteiger partial charge in [-0.2, -0.15) is 11.8 Å². The summed E-state index contributed by atoms with van der Waals surface area (Å²) in [7, 11) is 0. The van der Waals surface area contributed by atoms with Gasteiger partial charge < -0.3 is 18.8 Å². The van der Waals surface area contributed by atoms with E-state index in [-0.39, 0.29) is 0 Å². The van der Waals surface area contributed by atoms with Gasteiger partial charge in [-0.3, -0.25) is 0 Å². The standard InChI is InChI=1S/C48H37N3OS/c1-2-4-38(5-3-1)49-26-32-6-14-39(15-7-32)50-45-18-10-34-22-41(45)43-24-36(12-20-47(43)50)30-53-31-37-13-21-48-44(25-37)42-23-35(29-52-28-34)11-19-46(42)51(48)40-16-8-33(27-49)9-17-40/h1-25H,26-31H2. The third-order valence-corrected chi connectivity index (χ3v) is 12.2. The van der Waals surface area contributed by atoms with E-state index in [0.29, 0.717) is 13.2 Å². The molecule has 24 rings (SSSR count). The minimum Gasteiger partial charge on any atom is -0.372 e. The zero-order valence-electron chi connectivity index (χ0n) is 29.3. The molecule has 17 heterocycles. The number of anilines is 1. The second-order valence-corrected chi connectivity index (χ2v) is 15.6. The van der Waals surface area contributed by atoms with Crippen LogP contribution in [0.4, 0.5) is 5.69 Å². The summed E-state index contributed by atoms with van der Waals surface area (Å²) in [6.45, 7) is 2.73. The second kappa shape index (κ2) is 12.4. The fourth-order valence-corrected chi connectivity index (χ4v) is 9.48. The highest BCUT2D eigenvalue weighted by Gasteiger charge is 2.18. The lowest BCUT2D eigenvalue weighted by molar-refractivity contribution is 0.107. The van der Waals surface area contributed by atoms with Crippen LogP contribution in [0.3, 0.4) is 0 Å². The van der Waals surface area contributed by atoms with Crippen molar-refractivity contribution >= 4 is 61.1 Å². The van der Waals surface area contributed by atoms with Crippen LogP contribution < -0.4 is 4.90 Å². The van der Waals surface area contributed by atoms with Crippen LogP contribution in [-0.4, -0.2) is 9.13 Å². The van der Waals surface area contributed by atoms with Crippen molar-refractivity contribution in [2.45, 2.75) is 37.8 Å².